The van der Waals surface area contributed by atoms with Crippen molar-refractivity contribution < 1.29 is 9.53 Å². The van der Waals surface area contributed by atoms with Crippen molar-refractivity contribution >= 4 is 29.3 Å². The lowest BCUT2D eigenvalue weighted by Gasteiger charge is -2.07. The molecule has 0 aliphatic carbocycles. The predicted molar refractivity (Wildman–Crippen MR) is 101 cm³/mol. The Kier molecular flexibility index (Phi) is 7.99. The summed E-state index contributed by atoms with van der Waals surface area (Å²) < 4.78 is 5.42. The summed E-state index contributed by atoms with van der Waals surface area (Å²) in [6, 6.07) is 15.6. The molecule has 2 rings (SSSR count). The predicted octanol–water partition coefficient (Wildman–Crippen LogP) is 4.58. The molecular weight excluding hydrogens is 342 g/mol. The van der Waals surface area contributed by atoms with Gasteiger partial charge < -0.3 is 10.1 Å². The molecule has 5 heteroatoms. The molecule has 0 saturated carbocycles. The van der Waals surface area contributed by atoms with Crippen LogP contribution in [-0.2, 0) is 11.2 Å². The summed E-state index contributed by atoms with van der Waals surface area (Å²) in [5, 5.41) is 3.66. The lowest BCUT2D eigenvalue weighted by molar-refractivity contribution is -0.118. The van der Waals surface area contributed by atoms with Crippen LogP contribution in [0.25, 0.3) is 0 Å². The molecule has 0 unspecified atom stereocenters. The van der Waals surface area contributed by atoms with E-state index in [-0.39, 0.29) is 5.91 Å². The maximum Gasteiger partial charge on any atom is 0.230 e. The molecule has 0 aliphatic heterocycles. The van der Waals surface area contributed by atoms with Crippen molar-refractivity contribution in [1.82, 2.24) is 5.32 Å². The number of nitrogens with one attached hydrogen (secondary N) is 1. The van der Waals surface area contributed by atoms with Gasteiger partial charge in [0.05, 0.1) is 12.4 Å². The minimum Gasteiger partial charge on any atom is -0.494 e. The summed E-state index contributed by atoms with van der Waals surface area (Å²) >= 11 is 7.35. The van der Waals surface area contributed by atoms with Gasteiger partial charge in [-0.2, -0.15) is 0 Å². The van der Waals surface area contributed by atoms with Gasteiger partial charge in [-0.25, -0.2) is 0 Å². The van der Waals surface area contributed by atoms with Crippen molar-refractivity contribution in [3.05, 3.63) is 59.1 Å². The number of thioether (sulfide) groups is 1. The van der Waals surface area contributed by atoms with E-state index >= 15 is 0 Å². The first-order valence-corrected chi connectivity index (χ1v) is 9.40. The molecule has 0 heterocycles. The number of benzene rings is 2. The van der Waals surface area contributed by atoms with E-state index in [9.17, 15) is 4.79 Å². The zero-order valence-corrected chi connectivity index (χ0v) is 15.3. The Hall–Kier alpha value is -1.65. The summed E-state index contributed by atoms with van der Waals surface area (Å²) in [7, 11) is 0. The highest BCUT2D eigenvalue weighted by molar-refractivity contribution is 8.00. The van der Waals surface area contributed by atoms with Crippen LogP contribution < -0.4 is 10.1 Å². The zero-order valence-electron chi connectivity index (χ0n) is 13.8. The molecule has 0 fully saturated rings. The highest BCUT2D eigenvalue weighted by atomic mass is 35.5. The third kappa shape index (κ3) is 6.85. The van der Waals surface area contributed by atoms with Gasteiger partial charge in [-0.1, -0.05) is 23.7 Å². The topological polar surface area (TPSA) is 38.3 Å². The smallest absolute Gasteiger partial charge is 0.230 e. The Balaban J connectivity index is 1.61. The fourth-order valence-electron chi connectivity index (χ4n) is 2.17. The van der Waals surface area contributed by atoms with E-state index in [1.165, 1.54) is 17.3 Å². The van der Waals surface area contributed by atoms with Crippen LogP contribution in [0.5, 0.6) is 5.75 Å². The Morgan fingerprint density at radius 3 is 2.50 bits per heavy atom. The Labute approximate surface area is 152 Å². The number of hydrogen-bond donors (Lipinski definition) is 1. The number of halogens is 1. The van der Waals surface area contributed by atoms with Gasteiger partial charge in [0.2, 0.25) is 5.91 Å². The van der Waals surface area contributed by atoms with Crippen LogP contribution in [0.1, 0.15) is 18.9 Å². The first-order valence-electron chi connectivity index (χ1n) is 8.04. The number of carbonyl (C=O) groups excluding carboxylic acids is 1. The number of rotatable bonds is 9. The van der Waals surface area contributed by atoms with Crippen molar-refractivity contribution in [3.8, 4) is 5.75 Å². The second-order valence-electron chi connectivity index (χ2n) is 5.27. The zero-order chi connectivity index (χ0) is 17.2. The van der Waals surface area contributed by atoms with E-state index in [4.69, 9.17) is 16.3 Å². The van der Waals surface area contributed by atoms with E-state index in [2.05, 4.69) is 17.4 Å². The third-order valence-electron chi connectivity index (χ3n) is 3.38. The number of aryl methyl sites for hydroxylation is 1. The highest BCUT2D eigenvalue weighted by Crippen LogP contribution is 2.20. The molecule has 0 spiro atoms. The van der Waals surface area contributed by atoms with Crippen molar-refractivity contribution in [2.24, 2.45) is 0 Å². The molecular formula is C19H22ClNO2S. The highest BCUT2D eigenvalue weighted by Gasteiger charge is 2.03. The van der Waals surface area contributed by atoms with Crippen molar-refractivity contribution in [3.63, 3.8) is 0 Å². The molecule has 1 amide bonds. The normalized spacial score (nSPS) is 10.4. The summed E-state index contributed by atoms with van der Waals surface area (Å²) in [6.07, 6.45) is 1.86. The second kappa shape index (κ2) is 10.3. The standard InChI is InChI=1S/C19H22ClNO2S/c1-2-23-17-9-5-15(6-10-17)4-3-13-21-19(22)14-24-18-11-7-16(20)8-12-18/h5-12H,2-4,13-14H2,1H3,(H,21,22). The summed E-state index contributed by atoms with van der Waals surface area (Å²) in [5.74, 6) is 1.38. The summed E-state index contributed by atoms with van der Waals surface area (Å²) in [5.41, 5.74) is 1.25. The van der Waals surface area contributed by atoms with Crippen LogP contribution in [0.3, 0.4) is 0 Å². The molecule has 0 aromatic heterocycles. The molecule has 2 aromatic carbocycles. The van der Waals surface area contributed by atoms with Gasteiger partial charge in [0.1, 0.15) is 5.75 Å². The molecule has 128 valence electrons. The van der Waals surface area contributed by atoms with E-state index in [1.807, 2.05) is 43.3 Å². The molecule has 2 aromatic rings. The summed E-state index contributed by atoms with van der Waals surface area (Å²) in [6.45, 7) is 3.34. The van der Waals surface area contributed by atoms with Gasteiger partial charge >= 0.3 is 0 Å². The SMILES string of the molecule is CCOc1ccc(CCCNC(=O)CSc2ccc(Cl)cc2)cc1. The molecule has 0 saturated heterocycles. The van der Waals surface area contributed by atoms with Crippen molar-refractivity contribution in [1.29, 1.82) is 0 Å². The lowest BCUT2D eigenvalue weighted by atomic mass is 10.1. The summed E-state index contributed by atoms with van der Waals surface area (Å²) in [4.78, 5) is 12.9. The van der Waals surface area contributed by atoms with Crippen LogP contribution in [0.2, 0.25) is 5.02 Å². The van der Waals surface area contributed by atoms with Gasteiger partial charge in [-0.05, 0) is 61.7 Å². The minimum atomic E-state index is 0.0571. The van der Waals surface area contributed by atoms with Crippen molar-refractivity contribution in [2.75, 3.05) is 18.9 Å². The van der Waals surface area contributed by atoms with E-state index in [1.54, 1.807) is 0 Å². The van der Waals surface area contributed by atoms with Gasteiger partial charge in [0, 0.05) is 16.5 Å². The fraction of sp³-hybridized carbons (Fsp3) is 0.316. The molecule has 1 N–H and O–H groups in total. The fourth-order valence-corrected chi connectivity index (χ4v) is 3.02. The maximum absolute atomic E-state index is 11.8. The third-order valence-corrected chi connectivity index (χ3v) is 4.65. The Morgan fingerprint density at radius 1 is 1.12 bits per heavy atom. The molecule has 0 aliphatic rings. The van der Waals surface area contributed by atoms with E-state index in [0.717, 1.165) is 23.5 Å². The molecule has 24 heavy (non-hydrogen) atoms. The molecule has 3 nitrogen and oxygen atoms in total. The molecule has 0 atom stereocenters. The number of carbonyl (C=O) groups is 1. The molecule has 0 bridgehead atoms. The first-order chi connectivity index (χ1) is 11.7. The van der Waals surface area contributed by atoms with Gasteiger partial charge in [0.25, 0.3) is 0 Å². The lowest BCUT2D eigenvalue weighted by Crippen LogP contribution is -2.26. The monoisotopic (exact) mass is 363 g/mol. The largest absolute Gasteiger partial charge is 0.494 e. The van der Waals surface area contributed by atoms with E-state index in [0.29, 0.717) is 23.9 Å². The second-order valence-corrected chi connectivity index (χ2v) is 6.76. The van der Waals surface area contributed by atoms with E-state index < -0.39 is 0 Å². The van der Waals surface area contributed by atoms with Crippen LogP contribution >= 0.6 is 23.4 Å². The Bertz CT molecular complexity index is 629. The van der Waals surface area contributed by atoms with Crippen LogP contribution in [0, 0.1) is 0 Å². The molecule has 0 radical (unpaired) electrons. The maximum atomic E-state index is 11.8. The van der Waals surface area contributed by atoms with Gasteiger partial charge in [-0.15, -0.1) is 11.8 Å². The number of ether oxygens (including phenoxy) is 1. The van der Waals surface area contributed by atoms with Crippen LogP contribution in [0.15, 0.2) is 53.4 Å². The van der Waals surface area contributed by atoms with Crippen LogP contribution in [0.4, 0.5) is 0 Å². The number of amides is 1. The van der Waals surface area contributed by atoms with Crippen molar-refractivity contribution in [2.45, 2.75) is 24.7 Å². The van der Waals surface area contributed by atoms with Gasteiger partial charge in [-0.3, -0.25) is 4.79 Å². The average molecular weight is 364 g/mol. The number of hydrogen-bond acceptors (Lipinski definition) is 3. The Morgan fingerprint density at radius 2 is 1.83 bits per heavy atom. The quantitative estimate of drug-likeness (QED) is 0.523. The first kappa shape index (κ1) is 18.7. The van der Waals surface area contributed by atoms with Crippen LogP contribution in [-0.4, -0.2) is 24.8 Å². The van der Waals surface area contributed by atoms with Gasteiger partial charge in [0.15, 0.2) is 0 Å². The average Bonchev–Trinajstić information content (AvgIpc) is 2.60. The minimum absolute atomic E-state index is 0.0571.